The van der Waals surface area contributed by atoms with Gasteiger partial charge in [-0.05, 0) is 50.8 Å². The van der Waals surface area contributed by atoms with Gasteiger partial charge in [0, 0.05) is 0 Å². The lowest BCUT2D eigenvalue weighted by atomic mass is 9.87. The SMILES string of the molecule is C/C(=C1/CCOC1)C1CCNCC1. The summed E-state index contributed by atoms with van der Waals surface area (Å²) in [5.74, 6) is 0.831. The Balaban J connectivity index is 2.00. The van der Waals surface area contributed by atoms with Gasteiger partial charge in [-0.1, -0.05) is 5.57 Å². The van der Waals surface area contributed by atoms with E-state index in [9.17, 15) is 0 Å². The first-order valence-corrected chi connectivity index (χ1v) is 5.35. The minimum absolute atomic E-state index is 0.831. The summed E-state index contributed by atoms with van der Waals surface area (Å²) in [5, 5.41) is 3.41. The molecule has 2 heteroatoms. The molecular weight excluding hydrogens is 162 g/mol. The molecule has 0 aliphatic carbocycles. The van der Waals surface area contributed by atoms with Crippen molar-refractivity contribution in [3.8, 4) is 0 Å². The summed E-state index contributed by atoms with van der Waals surface area (Å²) in [7, 11) is 0. The fourth-order valence-corrected chi connectivity index (χ4v) is 2.32. The van der Waals surface area contributed by atoms with Gasteiger partial charge < -0.3 is 10.1 Å². The molecule has 0 aromatic heterocycles. The van der Waals surface area contributed by atoms with E-state index in [1.165, 1.54) is 32.4 Å². The van der Waals surface area contributed by atoms with Crippen molar-refractivity contribution >= 4 is 0 Å². The maximum absolute atomic E-state index is 5.40. The minimum Gasteiger partial charge on any atom is -0.377 e. The molecule has 2 nitrogen and oxygen atoms in total. The standard InChI is InChI=1S/C11H19NO/c1-9(11-4-7-13-8-11)10-2-5-12-6-3-10/h10,12H,2-8H2,1H3/b11-9+. The highest BCUT2D eigenvalue weighted by Gasteiger charge is 2.19. The average Bonchev–Trinajstić information content (AvgIpc) is 2.71. The van der Waals surface area contributed by atoms with Crippen LogP contribution in [0.2, 0.25) is 0 Å². The molecule has 0 amide bonds. The van der Waals surface area contributed by atoms with Crippen molar-refractivity contribution in [2.45, 2.75) is 26.2 Å². The summed E-state index contributed by atoms with van der Waals surface area (Å²) in [4.78, 5) is 0. The van der Waals surface area contributed by atoms with Crippen LogP contribution in [0, 0.1) is 5.92 Å². The molecule has 0 aromatic carbocycles. The van der Waals surface area contributed by atoms with E-state index in [2.05, 4.69) is 12.2 Å². The Bertz CT molecular complexity index is 196. The Kier molecular flexibility index (Phi) is 3.01. The second-order valence-corrected chi connectivity index (χ2v) is 4.11. The van der Waals surface area contributed by atoms with E-state index in [1.54, 1.807) is 11.1 Å². The first-order valence-electron chi connectivity index (χ1n) is 5.35. The molecule has 1 N–H and O–H groups in total. The highest BCUT2D eigenvalue weighted by Crippen LogP contribution is 2.27. The number of allylic oxidation sites excluding steroid dienone is 1. The van der Waals surface area contributed by atoms with E-state index < -0.39 is 0 Å². The molecule has 0 saturated carbocycles. The van der Waals surface area contributed by atoms with Crippen LogP contribution >= 0.6 is 0 Å². The zero-order chi connectivity index (χ0) is 9.10. The van der Waals surface area contributed by atoms with Gasteiger partial charge in [-0.3, -0.25) is 0 Å². The lowest BCUT2D eigenvalue weighted by molar-refractivity contribution is 0.204. The van der Waals surface area contributed by atoms with E-state index in [1.807, 2.05) is 0 Å². The molecule has 13 heavy (non-hydrogen) atoms. The van der Waals surface area contributed by atoms with E-state index in [0.717, 1.165) is 19.1 Å². The van der Waals surface area contributed by atoms with Gasteiger partial charge in [-0.2, -0.15) is 0 Å². The first kappa shape index (κ1) is 9.22. The largest absolute Gasteiger partial charge is 0.377 e. The van der Waals surface area contributed by atoms with Crippen molar-refractivity contribution in [3.63, 3.8) is 0 Å². The normalized spacial score (nSPS) is 29.3. The molecule has 0 atom stereocenters. The van der Waals surface area contributed by atoms with Crippen molar-refractivity contribution in [3.05, 3.63) is 11.1 Å². The van der Waals surface area contributed by atoms with Gasteiger partial charge in [0.2, 0.25) is 0 Å². The molecule has 0 bridgehead atoms. The van der Waals surface area contributed by atoms with Gasteiger partial charge in [-0.25, -0.2) is 0 Å². The number of rotatable bonds is 1. The Morgan fingerprint density at radius 1 is 1.38 bits per heavy atom. The van der Waals surface area contributed by atoms with Gasteiger partial charge in [0.25, 0.3) is 0 Å². The predicted molar refractivity (Wildman–Crippen MR) is 53.7 cm³/mol. The second kappa shape index (κ2) is 4.25. The third-order valence-electron chi connectivity index (χ3n) is 3.33. The zero-order valence-corrected chi connectivity index (χ0v) is 8.44. The highest BCUT2D eigenvalue weighted by molar-refractivity contribution is 5.18. The van der Waals surface area contributed by atoms with Crippen LogP contribution in [-0.4, -0.2) is 26.3 Å². The van der Waals surface area contributed by atoms with Crippen LogP contribution in [0.15, 0.2) is 11.1 Å². The maximum Gasteiger partial charge on any atom is 0.0680 e. The van der Waals surface area contributed by atoms with Crippen LogP contribution in [-0.2, 0) is 4.74 Å². The zero-order valence-electron chi connectivity index (χ0n) is 8.44. The van der Waals surface area contributed by atoms with Gasteiger partial charge in [-0.15, -0.1) is 0 Å². The highest BCUT2D eigenvalue weighted by atomic mass is 16.5. The molecule has 0 unspecified atom stereocenters. The van der Waals surface area contributed by atoms with Crippen molar-refractivity contribution < 1.29 is 4.74 Å². The van der Waals surface area contributed by atoms with Crippen LogP contribution in [0.25, 0.3) is 0 Å². The molecule has 2 aliphatic rings. The third kappa shape index (κ3) is 2.12. The smallest absolute Gasteiger partial charge is 0.0680 e. The van der Waals surface area contributed by atoms with Crippen molar-refractivity contribution in [2.75, 3.05) is 26.3 Å². The predicted octanol–water partition coefficient (Wildman–Crippen LogP) is 1.72. The number of hydrogen-bond acceptors (Lipinski definition) is 2. The van der Waals surface area contributed by atoms with Crippen LogP contribution < -0.4 is 5.32 Å². The number of nitrogens with one attached hydrogen (secondary N) is 1. The Morgan fingerprint density at radius 2 is 2.15 bits per heavy atom. The molecule has 0 spiro atoms. The number of ether oxygens (including phenoxy) is 1. The van der Waals surface area contributed by atoms with Crippen LogP contribution in [0.5, 0.6) is 0 Å². The van der Waals surface area contributed by atoms with E-state index in [0.29, 0.717) is 0 Å². The number of piperidine rings is 1. The maximum atomic E-state index is 5.40. The molecule has 2 saturated heterocycles. The van der Waals surface area contributed by atoms with Crippen molar-refractivity contribution in [1.29, 1.82) is 0 Å². The first-order chi connectivity index (χ1) is 6.38. The monoisotopic (exact) mass is 181 g/mol. The Hall–Kier alpha value is -0.340. The van der Waals surface area contributed by atoms with Gasteiger partial charge in [0.15, 0.2) is 0 Å². The second-order valence-electron chi connectivity index (χ2n) is 4.11. The van der Waals surface area contributed by atoms with Crippen molar-refractivity contribution in [1.82, 2.24) is 5.32 Å². The lowest BCUT2D eigenvalue weighted by Gasteiger charge is -2.24. The summed E-state index contributed by atoms with van der Waals surface area (Å²) < 4.78 is 5.40. The summed E-state index contributed by atoms with van der Waals surface area (Å²) in [6, 6.07) is 0. The Labute approximate surface area is 80.4 Å². The fourth-order valence-electron chi connectivity index (χ4n) is 2.32. The molecular formula is C11H19NO. The molecule has 2 rings (SSSR count). The minimum atomic E-state index is 0.831. The molecule has 2 fully saturated rings. The van der Waals surface area contributed by atoms with Crippen LogP contribution in [0.3, 0.4) is 0 Å². The summed E-state index contributed by atoms with van der Waals surface area (Å²) >= 11 is 0. The third-order valence-corrected chi connectivity index (χ3v) is 3.33. The van der Waals surface area contributed by atoms with Crippen LogP contribution in [0.1, 0.15) is 26.2 Å². The van der Waals surface area contributed by atoms with E-state index >= 15 is 0 Å². The average molecular weight is 181 g/mol. The van der Waals surface area contributed by atoms with Gasteiger partial charge in [0.1, 0.15) is 0 Å². The molecule has 2 aliphatic heterocycles. The molecule has 0 aromatic rings. The fraction of sp³-hybridized carbons (Fsp3) is 0.818. The lowest BCUT2D eigenvalue weighted by Crippen LogP contribution is -2.28. The van der Waals surface area contributed by atoms with Gasteiger partial charge >= 0.3 is 0 Å². The van der Waals surface area contributed by atoms with E-state index in [4.69, 9.17) is 4.74 Å². The number of hydrogen-bond donors (Lipinski definition) is 1. The topological polar surface area (TPSA) is 21.3 Å². The summed E-state index contributed by atoms with van der Waals surface area (Å²) in [6.07, 6.45) is 3.81. The molecule has 2 heterocycles. The Morgan fingerprint density at radius 3 is 2.77 bits per heavy atom. The van der Waals surface area contributed by atoms with E-state index in [-0.39, 0.29) is 0 Å². The van der Waals surface area contributed by atoms with Crippen LogP contribution in [0.4, 0.5) is 0 Å². The quantitative estimate of drug-likeness (QED) is 0.622. The molecule has 74 valence electrons. The molecule has 0 radical (unpaired) electrons. The summed E-state index contributed by atoms with van der Waals surface area (Å²) in [5.41, 5.74) is 3.20. The van der Waals surface area contributed by atoms with Crippen molar-refractivity contribution in [2.24, 2.45) is 5.92 Å². The summed E-state index contributed by atoms with van der Waals surface area (Å²) in [6.45, 7) is 6.53. The van der Waals surface area contributed by atoms with Gasteiger partial charge in [0.05, 0.1) is 13.2 Å².